The van der Waals surface area contributed by atoms with Gasteiger partial charge < -0.3 is 0 Å². The second kappa shape index (κ2) is 16.2. The van der Waals surface area contributed by atoms with Gasteiger partial charge in [-0.1, -0.05) is 0 Å². The predicted molar refractivity (Wildman–Crippen MR) is 136 cm³/mol. The van der Waals surface area contributed by atoms with Crippen molar-refractivity contribution in [3.05, 3.63) is 0 Å². The Balaban J connectivity index is 7.07. The van der Waals surface area contributed by atoms with Crippen LogP contribution in [-0.4, -0.2) is 46.9 Å². The normalized spacial score (nSPS) is 6.55. The fraction of sp³-hybridized carbons (Fsp3) is 0.143. The van der Waals surface area contributed by atoms with Crippen molar-refractivity contribution in [1.29, 1.82) is 0 Å². The van der Waals surface area contributed by atoms with Crippen molar-refractivity contribution in [1.82, 2.24) is 18.7 Å². The average molecular weight is 439 g/mol. The van der Waals surface area contributed by atoms with Crippen molar-refractivity contribution in [2.75, 3.05) is 28.2 Å². The second-order valence-corrected chi connectivity index (χ2v) is 8.63. The molecule has 0 atom stereocenters. The van der Waals surface area contributed by atoms with Crippen molar-refractivity contribution in [2.45, 2.75) is 0 Å². The number of hydrogen-bond acceptors (Lipinski definition) is 4. The predicted octanol–water partition coefficient (Wildman–Crippen LogP) is 0.781. The SMILES string of the molecule is C#CC#CC#CN(C)[P+](N(C)C#CC#CC#C)(N(C)C#CC#CC#C)N(C)C#CC#CC#C. The average Bonchev–Trinajstić information content (AvgIpc) is 2.80. The van der Waals surface area contributed by atoms with Crippen molar-refractivity contribution < 1.29 is 0 Å². The zero-order valence-electron chi connectivity index (χ0n) is 18.5. The van der Waals surface area contributed by atoms with E-state index in [0.717, 1.165) is 0 Å². The van der Waals surface area contributed by atoms with Gasteiger partial charge in [0.25, 0.3) is 0 Å². The van der Waals surface area contributed by atoms with Gasteiger partial charge in [0.15, 0.2) is 0 Å². The molecule has 0 aromatic heterocycles. The van der Waals surface area contributed by atoms with Crippen molar-refractivity contribution in [3.8, 4) is 145 Å². The van der Waals surface area contributed by atoms with E-state index in [9.17, 15) is 0 Å². The molecule has 0 heterocycles. The Bertz CT molecular complexity index is 1200. The Kier molecular flexibility index (Phi) is 13.4. The minimum absolute atomic E-state index is 1.69. The van der Waals surface area contributed by atoms with Crippen LogP contribution in [0, 0.1) is 145 Å². The van der Waals surface area contributed by atoms with Gasteiger partial charge in [-0.25, -0.2) is 0 Å². The molecule has 0 saturated heterocycles. The summed E-state index contributed by atoms with van der Waals surface area (Å²) >= 11 is 0. The second-order valence-electron chi connectivity index (χ2n) is 5.16. The standard InChI is InChI=1S/C28H16N4P/c1-9-13-17-21-25-29(5)33(30(6)26-22-18-14-10-2,31(7)27-23-19-15-11-3)32(8)28-24-20-16-12-4/h1-4H,5-8H3/q+1. The number of terminal acetylenes is 4. The summed E-state index contributed by atoms with van der Waals surface area (Å²) in [6.45, 7) is 0. The highest BCUT2D eigenvalue weighted by Crippen LogP contribution is 2.66. The fourth-order valence-corrected chi connectivity index (χ4v) is 5.33. The van der Waals surface area contributed by atoms with Crippen LogP contribution in [-0.2, 0) is 0 Å². The third-order valence-corrected chi connectivity index (χ3v) is 6.89. The molecular weight excluding hydrogens is 423 g/mol. The van der Waals surface area contributed by atoms with E-state index in [0.29, 0.717) is 0 Å². The molecule has 0 rings (SSSR count). The van der Waals surface area contributed by atoms with Crippen molar-refractivity contribution >= 4 is 7.87 Å². The molecule has 0 spiro atoms. The van der Waals surface area contributed by atoms with Crippen LogP contribution in [0.15, 0.2) is 0 Å². The minimum Gasteiger partial charge on any atom is -0.146 e. The molecule has 0 aliphatic heterocycles. The van der Waals surface area contributed by atoms with Crippen LogP contribution in [0.2, 0.25) is 0 Å². The molecule has 0 aromatic rings. The monoisotopic (exact) mass is 439 g/mol. The first-order chi connectivity index (χ1) is 15.9. The highest BCUT2D eigenvalue weighted by Gasteiger charge is 2.57. The minimum atomic E-state index is -2.89. The van der Waals surface area contributed by atoms with Gasteiger partial charge in [0.05, 0.1) is 52.4 Å². The van der Waals surface area contributed by atoms with Gasteiger partial charge in [-0.2, -0.15) is 0 Å². The van der Waals surface area contributed by atoms with Crippen LogP contribution in [0.5, 0.6) is 0 Å². The molecule has 0 aliphatic carbocycles. The van der Waals surface area contributed by atoms with E-state index in [1.807, 2.05) is 0 Å². The van der Waals surface area contributed by atoms with Gasteiger partial charge in [-0.05, 0) is 47.4 Å². The van der Waals surface area contributed by atoms with Crippen LogP contribution >= 0.6 is 7.87 Å². The lowest BCUT2D eigenvalue weighted by atomic mass is 10.6. The summed E-state index contributed by atoms with van der Waals surface area (Å²) in [6, 6.07) is 11.7. The summed E-state index contributed by atoms with van der Waals surface area (Å²) in [6.07, 6.45) is 20.6. The van der Waals surface area contributed by atoms with Gasteiger partial charge in [0.1, 0.15) is 0 Å². The van der Waals surface area contributed by atoms with Gasteiger partial charge in [-0.15, -0.1) is 44.4 Å². The Labute approximate surface area is 199 Å². The molecule has 0 amide bonds. The Hall–Kier alpha value is -5.65. The van der Waals surface area contributed by atoms with Gasteiger partial charge in [0.2, 0.25) is 0 Å². The molecule has 5 heteroatoms. The molecular formula is C28H16N4P+. The Morgan fingerprint density at radius 1 is 0.364 bits per heavy atom. The van der Waals surface area contributed by atoms with Crippen molar-refractivity contribution in [2.24, 2.45) is 0 Å². The number of rotatable bonds is 4. The van der Waals surface area contributed by atoms with E-state index in [4.69, 9.17) is 25.7 Å². The first-order valence-electron chi connectivity index (χ1n) is 8.64. The molecule has 0 N–H and O–H groups in total. The highest BCUT2D eigenvalue weighted by atomic mass is 31.2. The Morgan fingerprint density at radius 3 is 0.758 bits per heavy atom. The van der Waals surface area contributed by atoms with E-state index in [1.54, 1.807) is 46.9 Å². The van der Waals surface area contributed by atoms with Gasteiger partial charge >= 0.3 is 7.87 Å². The maximum Gasteiger partial charge on any atom is 0.434 e. The number of hydrogen-bond donors (Lipinski definition) is 0. The molecule has 0 unspecified atom stereocenters. The molecule has 0 saturated carbocycles. The number of nitrogens with zero attached hydrogens (tertiary/aromatic N) is 4. The summed E-state index contributed by atoms with van der Waals surface area (Å²) in [7, 11) is 4.05. The maximum absolute atomic E-state index is 5.16. The lowest BCUT2D eigenvalue weighted by molar-refractivity contribution is 0.477. The van der Waals surface area contributed by atoms with E-state index in [2.05, 4.69) is 119 Å². The molecule has 4 nitrogen and oxygen atoms in total. The quantitative estimate of drug-likeness (QED) is 0.365. The zero-order valence-corrected chi connectivity index (χ0v) is 19.4. The van der Waals surface area contributed by atoms with Crippen LogP contribution in [0.3, 0.4) is 0 Å². The van der Waals surface area contributed by atoms with E-state index in [1.165, 1.54) is 0 Å². The van der Waals surface area contributed by atoms with Crippen LogP contribution in [0.4, 0.5) is 0 Å². The highest BCUT2D eigenvalue weighted by molar-refractivity contribution is 7.67. The lowest BCUT2D eigenvalue weighted by Crippen LogP contribution is -2.43. The summed E-state index contributed by atoms with van der Waals surface area (Å²) in [5, 5.41) is 0. The largest absolute Gasteiger partial charge is 0.434 e. The Morgan fingerprint density at radius 2 is 0.576 bits per heavy atom. The zero-order chi connectivity index (χ0) is 25.0. The molecule has 0 aromatic carbocycles. The summed E-state index contributed by atoms with van der Waals surface area (Å²) in [5.74, 6) is 39.6. The molecule has 152 valence electrons. The third-order valence-electron chi connectivity index (χ3n) is 3.27. The topological polar surface area (TPSA) is 13.0 Å². The van der Waals surface area contributed by atoms with Crippen LogP contribution in [0.1, 0.15) is 0 Å². The van der Waals surface area contributed by atoms with Crippen molar-refractivity contribution in [3.63, 3.8) is 0 Å². The molecule has 0 bridgehead atoms. The summed E-state index contributed by atoms with van der Waals surface area (Å²) < 4.78 is 6.75. The lowest BCUT2D eigenvalue weighted by Gasteiger charge is -2.40. The summed E-state index contributed by atoms with van der Waals surface area (Å²) in [5.41, 5.74) is 0. The smallest absolute Gasteiger partial charge is 0.146 e. The maximum atomic E-state index is 5.16. The summed E-state index contributed by atoms with van der Waals surface area (Å²) in [4.78, 5) is 0. The van der Waals surface area contributed by atoms with E-state index < -0.39 is 7.87 Å². The van der Waals surface area contributed by atoms with Crippen LogP contribution in [0.25, 0.3) is 0 Å². The fourth-order valence-electron chi connectivity index (χ4n) is 2.18. The molecule has 0 aliphatic rings. The van der Waals surface area contributed by atoms with E-state index in [-0.39, 0.29) is 0 Å². The van der Waals surface area contributed by atoms with Gasteiger partial charge in [0, 0.05) is 47.4 Å². The van der Waals surface area contributed by atoms with Gasteiger partial charge in [-0.3, -0.25) is 0 Å². The van der Waals surface area contributed by atoms with E-state index >= 15 is 0 Å². The molecule has 0 fully saturated rings. The molecule has 33 heavy (non-hydrogen) atoms. The first kappa shape index (κ1) is 27.4. The third kappa shape index (κ3) is 8.71. The van der Waals surface area contributed by atoms with Crippen LogP contribution < -0.4 is 0 Å². The first-order valence-corrected chi connectivity index (χ1v) is 10.2. The molecule has 0 radical (unpaired) electrons.